The van der Waals surface area contributed by atoms with E-state index in [0.29, 0.717) is 16.6 Å². The van der Waals surface area contributed by atoms with Gasteiger partial charge in [-0.15, -0.1) is 0 Å². The lowest BCUT2D eigenvalue weighted by atomic mass is 10.0. The molecule has 1 amide bonds. The van der Waals surface area contributed by atoms with Gasteiger partial charge in [-0.1, -0.05) is 55.9 Å². The molecule has 2 aliphatic heterocycles. The number of carbonyl (C=O) groups is 1. The molecule has 2 heterocycles. The third-order valence-corrected chi connectivity index (χ3v) is 8.33. The van der Waals surface area contributed by atoms with Crippen molar-refractivity contribution in [3.63, 3.8) is 0 Å². The summed E-state index contributed by atoms with van der Waals surface area (Å²) in [6.07, 6.45) is 0. The lowest BCUT2D eigenvalue weighted by Gasteiger charge is -2.25. The molecule has 5 nitrogen and oxygen atoms in total. The van der Waals surface area contributed by atoms with E-state index in [4.69, 9.17) is 0 Å². The van der Waals surface area contributed by atoms with Crippen LogP contribution in [0.5, 0.6) is 0 Å². The SMILES string of the molecule is CC(C)c1ccc(N2C(=NC(=O)c3ccccc3)S[C@@H]3CS(=O)(=O)C[C@@H]32)cc1. The summed E-state index contributed by atoms with van der Waals surface area (Å²) >= 11 is 1.40. The highest BCUT2D eigenvalue weighted by molar-refractivity contribution is 8.16. The summed E-state index contributed by atoms with van der Waals surface area (Å²) in [6, 6.07) is 16.8. The van der Waals surface area contributed by atoms with E-state index in [1.165, 1.54) is 17.3 Å². The van der Waals surface area contributed by atoms with Crippen LogP contribution in [0.25, 0.3) is 0 Å². The highest BCUT2D eigenvalue weighted by Gasteiger charge is 2.49. The second kappa shape index (κ2) is 7.37. The number of anilines is 1. The number of rotatable bonds is 3. The fraction of sp³-hybridized carbons (Fsp3) is 0.333. The highest BCUT2D eigenvalue weighted by Crippen LogP contribution is 2.41. The number of carbonyl (C=O) groups excluding carboxylic acids is 1. The molecule has 2 fully saturated rings. The van der Waals surface area contributed by atoms with Crippen molar-refractivity contribution < 1.29 is 13.2 Å². The molecule has 0 bridgehead atoms. The first-order valence-electron chi connectivity index (χ1n) is 9.28. The molecular formula is C21H22N2O3S2. The molecule has 2 aromatic rings. The van der Waals surface area contributed by atoms with Crippen molar-refractivity contribution in [2.24, 2.45) is 4.99 Å². The zero-order valence-electron chi connectivity index (χ0n) is 15.8. The monoisotopic (exact) mass is 414 g/mol. The Labute approximate surface area is 169 Å². The Kier molecular flexibility index (Phi) is 5.05. The predicted molar refractivity (Wildman–Crippen MR) is 115 cm³/mol. The Bertz CT molecular complexity index is 1020. The van der Waals surface area contributed by atoms with E-state index < -0.39 is 9.84 Å². The summed E-state index contributed by atoms with van der Waals surface area (Å²) in [4.78, 5) is 18.9. The average Bonchev–Trinajstić information content (AvgIpc) is 3.13. The third-order valence-electron chi connectivity index (χ3n) is 5.12. The zero-order valence-corrected chi connectivity index (χ0v) is 17.4. The number of sulfone groups is 1. The lowest BCUT2D eigenvalue weighted by Crippen LogP contribution is -2.37. The van der Waals surface area contributed by atoms with Crippen molar-refractivity contribution in [3.8, 4) is 0 Å². The molecule has 2 aromatic carbocycles. The fourth-order valence-electron chi connectivity index (χ4n) is 3.62. The fourth-order valence-corrected chi connectivity index (χ4v) is 7.53. The van der Waals surface area contributed by atoms with Crippen LogP contribution in [0.2, 0.25) is 0 Å². The van der Waals surface area contributed by atoms with Gasteiger partial charge in [0.05, 0.1) is 17.5 Å². The van der Waals surface area contributed by atoms with Crippen LogP contribution in [0, 0.1) is 0 Å². The van der Waals surface area contributed by atoms with Crippen molar-refractivity contribution in [1.29, 1.82) is 0 Å². The molecule has 28 heavy (non-hydrogen) atoms. The van der Waals surface area contributed by atoms with Crippen LogP contribution in [0.1, 0.15) is 35.7 Å². The molecule has 2 aliphatic rings. The Hall–Kier alpha value is -2.12. The quantitative estimate of drug-likeness (QED) is 0.766. The number of amidine groups is 1. The number of nitrogens with zero attached hydrogens (tertiary/aromatic N) is 2. The van der Waals surface area contributed by atoms with Crippen LogP contribution < -0.4 is 4.90 Å². The molecule has 0 N–H and O–H groups in total. The summed E-state index contributed by atoms with van der Waals surface area (Å²) in [5, 5.41) is 0.480. The molecule has 146 valence electrons. The van der Waals surface area contributed by atoms with Crippen LogP contribution in [-0.4, -0.2) is 42.3 Å². The van der Waals surface area contributed by atoms with Crippen LogP contribution in [0.4, 0.5) is 5.69 Å². The summed E-state index contributed by atoms with van der Waals surface area (Å²) in [5.74, 6) is 0.320. The first-order chi connectivity index (χ1) is 13.3. The minimum Gasteiger partial charge on any atom is -0.316 e. The molecule has 0 saturated carbocycles. The van der Waals surface area contributed by atoms with Gasteiger partial charge in [-0.2, -0.15) is 4.99 Å². The molecular weight excluding hydrogens is 392 g/mol. The van der Waals surface area contributed by atoms with E-state index in [9.17, 15) is 13.2 Å². The normalized spacial score (nSPS) is 24.7. The van der Waals surface area contributed by atoms with Crippen LogP contribution in [0.3, 0.4) is 0 Å². The first-order valence-corrected chi connectivity index (χ1v) is 12.0. The van der Waals surface area contributed by atoms with Gasteiger partial charge in [0.15, 0.2) is 15.0 Å². The molecule has 7 heteroatoms. The predicted octanol–water partition coefficient (Wildman–Crippen LogP) is 3.73. The third kappa shape index (κ3) is 3.73. The number of hydrogen-bond donors (Lipinski definition) is 0. The van der Waals surface area contributed by atoms with Gasteiger partial charge < -0.3 is 4.90 Å². The first kappa shape index (κ1) is 19.2. The smallest absolute Gasteiger partial charge is 0.279 e. The van der Waals surface area contributed by atoms with Gasteiger partial charge in [-0.05, 0) is 35.7 Å². The molecule has 2 saturated heterocycles. The zero-order chi connectivity index (χ0) is 19.9. The molecule has 0 aliphatic carbocycles. The van der Waals surface area contributed by atoms with Crippen molar-refractivity contribution >= 4 is 38.4 Å². The molecule has 0 aromatic heterocycles. The second-order valence-electron chi connectivity index (χ2n) is 7.48. The average molecular weight is 415 g/mol. The van der Waals surface area contributed by atoms with Gasteiger partial charge in [0.1, 0.15) is 0 Å². The number of benzene rings is 2. The van der Waals surface area contributed by atoms with E-state index in [1.807, 2.05) is 23.1 Å². The lowest BCUT2D eigenvalue weighted by molar-refractivity contribution is 0.100. The molecule has 4 rings (SSSR count). The minimum absolute atomic E-state index is 0.0924. The van der Waals surface area contributed by atoms with Gasteiger partial charge in [0, 0.05) is 16.5 Å². The van der Waals surface area contributed by atoms with Crippen LogP contribution in [0.15, 0.2) is 59.6 Å². The minimum atomic E-state index is -3.07. The number of fused-ring (bicyclic) bond motifs is 1. The Morgan fingerprint density at radius 2 is 1.75 bits per heavy atom. The standard InChI is InChI=1S/C21H22N2O3S2/c1-14(2)15-8-10-17(11-9-15)23-18-12-28(25,26)13-19(18)27-21(23)22-20(24)16-6-4-3-5-7-16/h3-11,14,18-19H,12-13H2,1-2H3/t18-,19+/m0/s1. The van der Waals surface area contributed by atoms with E-state index in [-0.39, 0.29) is 28.7 Å². The maximum Gasteiger partial charge on any atom is 0.279 e. The number of aliphatic imine (C=N–C) groups is 1. The van der Waals surface area contributed by atoms with Crippen molar-refractivity contribution in [2.45, 2.75) is 31.1 Å². The van der Waals surface area contributed by atoms with Gasteiger partial charge in [-0.3, -0.25) is 4.79 Å². The number of amides is 1. The maximum atomic E-state index is 12.6. The Morgan fingerprint density at radius 1 is 1.07 bits per heavy atom. The van der Waals surface area contributed by atoms with Gasteiger partial charge in [0.2, 0.25) is 0 Å². The Morgan fingerprint density at radius 3 is 2.39 bits per heavy atom. The van der Waals surface area contributed by atoms with Crippen molar-refractivity contribution in [2.75, 3.05) is 16.4 Å². The summed E-state index contributed by atoms with van der Waals surface area (Å²) in [7, 11) is -3.07. The molecule has 0 spiro atoms. The summed E-state index contributed by atoms with van der Waals surface area (Å²) in [6.45, 7) is 4.26. The Balaban J connectivity index is 1.71. The maximum absolute atomic E-state index is 12.6. The van der Waals surface area contributed by atoms with Crippen LogP contribution in [-0.2, 0) is 9.84 Å². The van der Waals surface area contributed by atoms with Gasteiger partial charge >= 0.3 is 0 Å². The molecule has 2 atom stereocenters. The number of hydrogen-bond acceptors (Lipinski definition) is 4. The van der Waals surface area contributed by atoms with Crippen molar-refractivity contribution in [1.82, 2.24) is 0 Å². The van der Waals surface area contributed by atoms with E-state index >= 15 is 0 Å². The van der Waals surface area contributed by atoms with Gasteiger partial charge in [-0.25, -0.2) is 8.42 Å². The molecule has 0 unspecified atom stereocenters. The number of thioether (sulfide) groups is 1. The van der Waals surface area contributed by atoms with Gasteiger partial charge in [0.25, 0.3) is 5.91 Å². The van der Waals surface area contributed by atoms with Crippen LogP contribution >= 0.6 is 11.8 Å². The van der Waals surface area contributed by atoms with Crippen molar-refractivity contribution in [3.05, 3.63) is 65.7 Å². The summed E-state index contributed by atoms with van der Waals surface area (Å²) in [5.41, 5.74) is 2.61. The second-order valence-corrected chi connectivity index (χ2v) is 10.8. The van der Waals surface area contributed by atoms with E-state index in [2.05, 4.69) is 31.0 Å². The summed E-state index contributed by atoms with van der Waals surface area (Å²) < 4.78 is 24.3. The molecule has 0 radical (unpaired) electrons. The largest absolute Gasteiger partial charge is 0.316 e. The van der Waals surface area contributed by atoms with E-state index in [1.54, 1.807) is 24.3 Å². The van der Waals surface area contributed by atoms with E-state index in [0.717, 1.165) is 5.69 Å². The topological polar surface area (TPSA) is 66.8 Å². The highest BCUT2D eigenvalue weighted by atomic mass is 32.2.